The van der Waals surface area contributed by atoms with Gasteiger partial charge in [0.15, 0.2) is 0 Å². The van der Waals surface area contributed by atoms with E-state index in [-0.39, 0.29) is 11.7 Å². The van der Waals surface area contributed by atoms with E-state index in [4.69, 9.17) is 9.84 Å². The predicted molar refractivity (Wildman–Crippen MR) is 76.6 cm³/mol. The molecule has 2 rings (SSSR count). The molecule has 0 aliphatic heterocycles. The van der Waals surface area contributed by atoms with Crippen LogP contribution in [0.15, 0.2) is 23.1 Å². The van der Waals surface area contributed by atoms with E-state index in [2.05, 4.69) is 0 Å². The van der Waals surface area contributed by atoms with E-state index >= 15 is 0 Å². The average Bonchev–Trinajstić information content (AvgIpc) is 2.31. The number of aryl methyl sites for hydroxylation is 2. The summed E-state index contributed by atoms with van der Waals surface area (Å²) >= 11 is 0. The number of carboxylic acid groups (broad SMARTS) is 1. The third-order valence-electron chi connectivity index (χ3n) is 3.04. The zero-order valence-corrected chi connectivity index (χ0v) is 11.9. The number of hydrogen-bond acceptors (Lipinski definition) is 3. The minimum absolute atomic E-state index is 0.0154. The van der Waals surface area contributed by atoms with E-state index in [0.717, 1.165) is 11.1 Å². The highest BCUT2D eigenvalue weighted by molar-refractivity contribution is 5.93. The minimum atomic E-state index is -1.22. The lowest BCUT2D eigenvalue weighted by atomic mass is 10.1. The van der Waals surface area contributed by atoms with E-state index < -0.39 is 11.4 Å². The summed E-state index contributed by atoms with van der Waals surface area (Å²) < 4.78 is 7.26. The molecule has 0 saturated heterocycles. The van der Waals surface area contributed by atoms with Gasteiger partial charge in [0.05, 0.1) is 17.0 Å². The SMILES string of the molecule is Cc1cc(OC(C)C)cc2c(=O)c(C(=O)O)cn(C)c12. The van der Waals surface area contributed by atoms with Crippen LogP contribution < -0.4 is 10.2 Å². The van der Waals surface area contributed by atoms with E-state index in [1.165, 1.54) is 6.20 Å². The van der Waals surface area contributed by atoms with Crippen molar-refractivity contribution in [3.63, 3.8) is 0 Å². The molecular weight excluding hydrogens is 258 g/mol. The summed E-state index contributed by atoms with van der Waals surface area (Å²) in [6.07, 6.45) is 1.33. The van der Waals surface area contributed by atoms with Crippen LogP contribution in [0.25, 0.3) is 10.9 Å². The fraction of sp³-hybridized carbons (Fsp3) is 0.333. The molecule has 1 aromatic heterocycles. The van der Waals surface area contributed by atoms with Crippen LogP contribution in [0.4, 0.5) is 0 Å². The Kier molecular flexibility index (Phi) is 3.53. The maximum Gasteiger partial charge on any atom is 0.341 e. The zero-order valence-electron chi connectivity index (χ0n) is 11.9. The highest BCUT2D eigenvalue weighted by atomic mass is 16.5. The molecular formula is C15H17NO4. The number of hydrogen-bond donors (Lipinski definition) is 1. The van der Waals surface area contributed by atoms with Gasteiger partial charge in [0.25, 0.3) is 0 Å². The van der Waals surface area contributed by atoms with E-state index in [1.807, 2.05) is 26.8 Å². The second-order valence-corrected chi connectivity index (χ2v) is 5.09. The lowest BCUT2D eigenvalue weighted by Crippen LogP contribution is -2.18. The summed E-state index contributed by atoms with van der Waals surface area (Å²) in [6.45, 7) is 5.66. The number of fused-ring (bicyclic) bond motifs is 1. The van der Waals surface area contributed by atoms with Gasteiger partial charge in [-0.25, -0.2) is 4.79 Å². The monoisotopic (exact) mass is 275 g/mol. The smallest absolute Gasteiger partial charge is 0.341 e. The van der Waals surface area contributed by atoms with Gasteiger partial charge in [-0.2, -0.15) is 0 Å². The Bertz CT molecular complexity index is 744. The Morgan fingerprint density at radius 2 is 2.00 bits per heavy atom. The van der Waals surface area contributed by atoms with Crippen LogP contribution in [0.2, 0.25) is 0 Å². The highest BCUT2D eigenvalue weighted by Gasteiger charge is 2.15. The molecule has 0 aliphatic rings. The van der Waals surface area contributed by atoms with Gasteiger partial charge in [-0.15, -0.1) is 0 Å². The van der Waals surface area contributed by atoms with Crippen LogP contribution in [-0.2, 0) is 7.05 Å². The van der Waals surface area contributed by atoms with Crippen molar-refractivity contribution in [3.05, 3.63) is 39.7 Å². The quantitative estimate of drug-likeness (QED) is 0.933. The number of aromatic carboxylic acids is 1. The van der Waals surface area contributed by atoms with Crippen LogP contribution in [0.1, 0.15) is 29.8 Å². The van der Waals surface area contributed by atoms with Crippen molar-refractivity contribution < 1.29 is 14.6 Å². The molecule has 5 heteroatoms. The van der Waals surface area contributed by atoms with Crippen molar-refractivity contribution in [1.82, 2.24) is 4.57 Å². The molecule has 106 valence electrons. The van der Waals surface area contributed by atoms with Crippen LogP contribution in [0.5, 0.6) is 5.75 Å². The fourth-order valence-corrected chi connectivity index (χ4v) is 2.34. The van der Waals surface area contributed by atoms with Gasteiger partial charge < -0.3 is 14.4 Å². The maximum atomic E-state index is 12.3. The van der Waals surface area contributed by atoms with Crippen LogP contribution >= 0.6 is 0 Å². The number of pyridine rings is 1. The van der Waals surface area contributed by atoms with Crippen molar-refractivity contribution in [1.29, 1.82) is 0 Å². The van der Waals surface area contributed by atoms with Gasteiger partial charge in [-0.05, 0) is 38.5 Å². The summed E-state index contributed by atoms with van der Waals surface area (Å²) in [5.41, 5.74) is 0.870. The molecule has 5 nitrogen and oxygen atoms in total. The summed E-state index contributed by atoms with van der Waals surface area (Å²) in [7, 11) is 1.73. The third-order valence-corrected chi connectivity index (χ3v) is 3.04. The average molecular weight is 275 g/mol. The first-order valence-electron chi connectivity index (χ1n) is 6.35. The molecule has 0 fully saturated rings. The molecule has 0 aliphatic carbocycles. The number of nitrogens with zero attached hydrogens (tertiary/aromatic N) is 1. The highest BCUT2D eigenvalue weighted by Crippen LogP contribution is 2.24. The number of carboxylic acids is 1. The Labute approximate surface area is 116 Å². The Morgan fingerprint density at radius 1 is 1.35 bits per heavy atom. The molecule has 1 aromatic carbocycles. The second kappa shape index (κ2) is 5.00. The molecule has 20 heavy (non-hydrogen) atoms. The molecule has 0 bridgehead atoms. The number of benzene rings is 1. The van der Waals surface area contributed by atoms with Gasteiger partial charge in [-0.3, -0.25) is 4.79 Å². The molecule has 0 atom stereocenters. The van der Waals surface area contributed by atoms with Gasteiger partial charge in [-0.1, -0.05) is 0 Å². The molecule has 0 amide bonds. The normalized spacial score (nSPS) is 11.1. The Balaban J connectivity index is 2.83. The molecule has 0 saturated carbocycles. The molecule has 1 heterocycles. The van der Waals surface area contributed by atoms with Crippen molar-refractivity contribution in [2.75, 3.05) is 0 Å². The largest absolute Gasteiger partial charge is 0.491 e. The van der Waals surface area contributed by atoms with E-state index in [9.17, 15) is 9.59 Å². The van der Waals surface area contributed by atoms with Crippen LogP contribution in [0, 0.1) is 6.92 Å². The predicted octanol–water partition coefficient (Wildman–Crippen LogP) is 2.33. The summed E-state index contributed by atoms with van der Waals surface area (Å²) in [5, 5.41) is 9.45. The summed E-state index contributed by atoms with van der Waals surface area (Å²) in [5.74, 6) is -0.648. The zero-order chi connectivity index (χ0) is 15.0. The lowest BCUT2D eigenvalue weighted by molar-refractivity contribution is 0.0695. The maximum absolute atomic E-state index is 12.3. The standard InChI is InChI=1S/C15H17NO4/c1-8(2)20-10-5-9(3)13-11(6-10)14(17)12(15(18)19)7-16(13)4/h5-8H,1-4H3,(H,18,19). The fourth-order valence-electron chi connectivity index (χ4n) is 2.34. The number of carbonyl (C=O) groups is 1. The Morgan fingerprint density at radius 3 is 2.55 bits per heavy atom. The van der Waals surface area contributed by atoms with Gasteiger partial charge >= 0.3 is 5.97 Å². The number of aromatic nitrogens is 1. The van der Waals surface area contributed by atoms with E-state index in [0.29, 0.717) is 11.1 Å². The molecule has 0 radical (unpaired) electrons. The van der Waals surface area contributed by atoms with Crippen LogP contribution in [0.3, 0.4) is 0 Å². The van der Waals surface area contributed by atoms with Gasteiger partial charge in [0.2, 0.25) is 5.43 Å². The van der Waals surface area contributed by atoms with Crippen molar-refractivity contribution in [3.8, 4) is 5.75 Å². The summed E-state index contributed by atoms with van der Waals surface area (Å²) in [4.78, 5) is 23.4. The molecule has 2 aromatic rings. The summed E-state index contributed by atoms with van der Waals surface area (Å²) in [6, 6.07) is 3.46. The minimum Gasteiger partial charge on any atom is -0.491 e. The van der Waals surface area contributed by atoms with Crippen molar-refractivity contribution in [2.24, 2.45) is 7.05 Å². The first-order valence-corrected chi connectivity index (χ1v) is 6.35. The lowest BCUT2D eigenvalue weighted by Gasteiger charge is -2.14. The van der Waals surface area contributed by atoms with Gasteiger partial charge in [0, 0.05) is 13.2 Å². The number of ether oxygens (including phenoxy) is 1. The van der Waals surface area contributed by atoms with Crippen LogP contribution in [-0.4, -0.2) is 21.7 Å². The van der Waals surface area contributed by atoms with Crippen molar-refractivity contribution >= 4 is 16.9 Å². The van der Waals surface area contributed by atoms with Crippen molar-refractivity contribution in [2.45, 2.75) is 26.9 Å². The topological polar surface area (TPSA) is 68.5 Å². The Hall–Kier alpha value is -2.30. The van der Waals surface area contributed by atoms with Gasteiger partial charge in [0.1, 0.15) is 11.3 Å². The third kappa shape index (κ3) is 2.39. The second-order valence-electron chi connectivity index (χ2n) is 5.09. The molecule has 0 spiro atoms. The van der Waals surface area contributed by atoms with E-state index in [1.54, 1.807) is 17.7 Å². The number of rotatable bonds is 3. The molecule has 0 unspecified atom stereocenters. The first-order chi connectivity index (χ1) is 9.31. The first kappa shape index (κ1) is 14.1. The molecule has 1 N–H and O–H groups in total.